The van der Waals surface area contributed by atoms with Crippen molar-refractivity contribution in [3.63, 3.8) is 0 Å². The molecule has 2 amide bonds. The van der Waals surface area contributed by atoms with Gasteiger partial charge in [0.1, 0.15) is 18.5 Å². The first kappa shape index (κ1) is 25.3. The number of hydrogen-bond acceptors (Lipinski definition) is 7. The van der Waals surface area contributed by atoms with Crippen molar-refractivity contribution in [1.29, 1.82) is 0 Å². The van der Waals surface area contributed by atoms with Gasteiger partial charge < -0.3 is 25.6 Å². The molecule has 0 radical (unpaired) electrons. The van der Waals surface area contributed by atoms with Gasteiger partial charge in [-0.3, -0.25) is 14.6 Å². The molecular weight excluding hydrogens is 468 g/mol. The maximum atomic E-state index is 12.7. The molecule has 0 aromatic heterocycles. The van der Waals surface area contributed by atoms with Crippen molar-refractivity contribution in [3.8, 4) is 5.75 Å². The highest BCUT2D eigenvalue weighted by molar-refractivity contribution is 5.78. The normalized spacial score (nSPS) is 24.9. The zero-order valence-corrected chi connectivity index (χ0v) is 21.5. The largest absolute Gasteiger partial charge is 0.491 e. The van der Waals surface area contributed by atoms with Crippen LogP contribution in [0.4, 0.5) is 0 Å². The van der Waals surface area contributed by atoms with Crippen molar-refractivity contribution >= 4 is 24.4 Å². The number of nitrogens with two attached hydrogens (primary N) is 1. The molecule has 1 saturated heterocycles. The Balaban J connectivity index is 1.22. The second-order valence-corrected chi connectivity index (χ2v) is 10.4. The fourth-order valence-electron chi connectivity index (χ4n) is 5.83. The molecule has 1 aromatic carbocycles. The topological polar surface area (TPSA) is 113 Å². The number of carbonyl (C=O) groups is 2. The summed E-state index contributed by atoms with van der Waals surface area (Å²) in [5.74, 6) is 0.584. The number of rotatable bonds is 8. The Morgan fingerprint density at radius 3 is 2.95 bits per heavy atom. The lowest BCUT2D eigenvalue weighted by atomic mass is 9.98. The van der Waals surface area contributed by atoms with Gasteiger partial charge in [-0.2, -0.15) is 0 Å². The fraction of sp³-hybridized carbons (Fsp3) is 0.571. The first-order chi connectivity index (χ1) is 18.1. The Morgan fingerprint density at radius 2 is 2.05 bits per heavy atom. The number of allylic oxidation sites excluding steroid dienone is 2. The number of aliphatic imine (C=N–C) groups is 2. The lowest BCUT2D eigenvalue weighted by Gasteiger charge is -2.32. The van der Waals surface area contributed by atoms with E-state index < -0.39 is 0 Å². The van der Waals surface area contributed by atoms with E-state index in [2.05, 4.69) is 38.4 Å². The third kappa shape index (κ3) is 6.32. The van der Waals surface area contributed by atoms with Crippen molar-refractivity contribution in [2.75, 3.05) is 19.7 Å². The summed E-state index contributed by atoms with van der Waals surface area (Å²) < 4.78 is 6.47. The number of primary amides is 1. The predicted octanol–water partition coefficient (Wildman–Crippen LogP) is 2.53. The molecule has 9 heteroatoms. The highest BCUT2D eigenvalue weighted by atomic mass is 16.5. The maximum absolute atomic E-state index is 12.7. The first-order valence-corrected chi connectivity index (χ1v) is 13.6. The summed E-state index contributed by atoms with van der Waals surface area (Å²) in [4.78, 5) is 37.2. The van der Waals surface area contributed by atoms with Crippen LogP contribution in [0.25, 0.3) is 0 Å². The van der Waals surface area contributed by atoms with Gasteiger partial charge in [0, 0.05) is 62.4 Å². The molecule has 0 aliphatic carbocycles. The number of benzene rings is 1. The van der Waals surface area contributed by atoms with E-state index in [9.17, 15) is 9.59 Å². The summed E-state index contributed by atoms with van der Waals surface area (Å²) in [5, 5.41) is 3.39. The molecule has 37 heavy (non-hydrogen) atoms. The van der Waals surface area contributed by atoms with Gasteiger partial charge in [-0.15, -0.1) is 0 Å². The van der Waals surface area contributed by atoms with Gasteiger partial charge in [0.2, 0.25) is 11.8 Å². The van der Waals surface area contributed by atoms with Crippen molar-refractivity contribution in [1.82, 2.24) is 15.1 Å². The van der Waals surface area contributed by atoms with E-state index in [0.29, 0.717) is 44.6 Å². The van der Waals surface area contributed by atoms with Gasteiger partial charge in [0.25, 0.3) is 0 Å². The fourth-order valence-corrected chi connectivity index (χ4v) is 5.83. The Bertz CT molecular complexity index is 1080. The predicted molar refractivity (Wildman–Crippen MR) is 143 cm³/mol. The van der Waals surface area contributed by atoms with Crippen LogP contribution in [0.15, 0.2) is 40.0 Å². The summed E-state index contributed by atoms with van der Waals surface area (Å²) in [7, 11) is 0. The molecule has 4 aliphatic heterocycles. The number of carbonyl (C=O) groups excluding carboxylic acids is 2. The van der Waals surface area contributed by atoms with Crippen molar-refractivity contribution < 1.29 is 14.3 Å². The molecule has 1 aromatic rings. The number of likely N-dealkylation sites (tertiary alicyclic amines) is 1. The van der Waals surface area contributed by atoms with Crippen molar-refractivity contribution in [2.24, 2.45) is 15.7 Å². The lowest BCUT2D eigenvalue weighted by Crippen LogP contribution is -2.37. The second kappa shape index (κ2) is 11.8. The van der Waals surface area contributed by atoms with Gasteiger partial charge in [-0.1, -0.05) is 12.1 Å². The van der Waals surface area contributed by atoms with E-state index in [1.54, 1.807) is 0 Å². The number of amides is 2. The van der Waals surface area contributed by atoms with E-state index in [4.69, 9.17) is 10.5 Å². The van der Waals surface area contributed by atoms with Crippen LogP contribution in [-0.4, -0.2) is 72.1 Å². The van der Waals surface area contributed by atoms with E-state index >= 15 is 0 Å². The maximum Gasteiger partial charge on any atom is 0.222 e. The quantitative estimate of drug-likeness (QED) is 0.563. The summed E-state index contributed by atoms with van der Waals surface area (Å²) in [6, 6.07) is 6.94. The van der Waals surface area contributed by atoms with Crippen LogP contribution in [0, 0.1) is 0 Å². The number of hydrogen-bond donors (Lipinski definition) is 2. The molecule has 0 spiro atoms. The van der Waals surface area contributed by atoms with Crippen LogP contribution in [0.1, 0.15) is 62.5 Å². The lowest BCUT2D eigenvalue weighted by molar-refractivity contribution is -0.132. The van der Waals surface area contributed by atoms with E-state index in [-0.39, 0.29) is 24.4 Å². The second-order valence-electron chi connectivity index (χ2n) is 10.4. The molecule has 198 valence electrons. The van der Waals surface area contributed by atoms with Gasteiger partial charge >= 0.3 is 0 Å². The number of ether oxygens (including phenoxy) is 1. The summed E-state index contributed by atoms with van der Waals surface area (Å²) in [5.41, 5.74) is 8.90. The van der Waals surface area contributed by atoms with E-state index in [1.165, 1.54) is 11.3 Å². The van der Waals surface area contributed by atoms with Crippen LogP contribution < -0.4 is 15.8 Å². The molecular formula is C28H38N6O3. The van der Waals surface area contributed by atoms with Crippen LogP contribution in [-0.2, 0) is 22.6 Å². The molecule has 3 N–H and O–H groups in total. The van der Waals surface area contributed by atoms with Crippen LogP contribution in [0.2, 0.25) is 0 Å². The van der Waals surface area contributed by atoms with Gasteiger partial charge in [0.05, 0.1) is 12.4 Å². The van der Waals surface area contributed by atoms with Gasteiger partial charge in [-0.05, 0) is 56.2 Å². The minimum atomic E-state index is -0.361. The average Bonchev–Trinajstić information content (AvgIpc) is 3.38. The molecule has 2 bridgehead atoms. The highest BCUT2D eigenvalue weighted by Crippen LogP contribution is 2.31. The van der Waals surface area contributed by atoms with Gasteiger partial charge in [0.15, 0.2) is 0 Å². The van der Waals surface area contributed by atoms with Gasteiger partial charge in [-0.25, -0.2) is 4.99 Å². The molecule has 1 fully saturated rings. The minimum absolute atomic E-state index is 0.0263. The van der Waals surface area contributed by atoms with Crippen molar-refractivity contribution in [2.45, 2.75) is 82.6 Å². The molecule has 9 nitrogen and oxygen atoms in total. The van der Waals surface area contributed by atoms with Crippen molar-refractivity contribution in [3.05, 3.63) is 41.1 Å². The molecule has 3 unspecified atom stereocenters. The van der Waals surface area contributed by atoms with E-state index in [1.807, 2.05) is 23.5 Å². The Labute approximate surface area is 218 Å². The molecule has 4 aliphatic rings. The molecule has 0 saturated carbocycles. The number of nitrogens with one attached hydrogen (secondary N) is 1. The Hall–Kier alpha value is -3.36. The standard InChI is InChI=1S/C28H38N6O3/c29-26(35)7-2-8-28(36)33-15-12-20-4-1-6-25(24(20)17-33)37-18-23-5-3-14-34(23)22-10-9-21-16-27(30-13-11-22)32-19-31-21/h1,4,6,11,13,19,21,23,27H,2-3,5,7-10,12,14-18H2,(H2,29,35)(H,31,32). The Morgan fingerprint density at radius 1 is 1.14 bits per heavy atom. The van der Waals surface area contributed by atoms with Crippen LogP contribution in [0.3, 0.4) is 0 Å². The zero-order chi connectivity index (χ0) is 25.6. The number of fused-ring (bicyclic) bond motifs is 3. The molecule has 3 atom stereocenters. The molecule has 5 rings (SSSR count). The number of nitrogens with zero attached hydrogens (tertiary/aromatic N) is 4. The third-order valence-electron chi connectivity index (χ3n) is 7.90. The Kier molecular flexibility index (Phi) is 8.06. The highest BCUT2D eigenvalue weighted by Gasteiger charge is 2.29. The average molecular weight is 507 g/mol. The third-order valence-corrected chi connectivity index (χ3v) is 7.90. The zero-order valence-electron chi connectivity index (χ0n) is 21.5. The minimum Gasteiger partial charge on any atom is -0.491 e. The van der Waals surface area contributed by atoms with Crippen LogP contribution in [0.5, 0.6) is 5.75 Å². The monoisotopic (exact) mass is 506 g/mol. The molecule has 4 heterocycles. The summed E-state index contributed by atoms with van der Waals surface area (Å²) in [6.07, 6.45) is 13.1. The SMILES string of the molecule is NC(=O)CCCC(=O)N1CCc2cccc(OCC3CCCN3C3=CC=NC4CC(CC3)NC=N4)c2C1. The summed E-state index contributed by atoms with van der Waals surface area (Å²) >= 11 is 0. The first-order valence-electron chi connectivity index (χ1n) is 13.6. The smallest absolute Gasteiger partial charge is 0.222 e. The van der Waals surface area contributed by atoms with Crippen LogP contribution >= 0.6 is 0 Å². The summed E-state index contributed by atoms with van der Waals surface area (Å²) in [6.45, 7) is 2.89. The van der Waals surface area contributed by atoms with E-state index in [0.717, 1.165) is 56.4 Å².